The summed E-state index contributed by atoms with van der Waals surface area (Å²) in [5, 5.41) is 10.5. The van der Waals surface area contributed by atoms with E-state index in [1.54, 1.807) is 10.4 Å². The maximum absolute atomic E-state index is 7.20. The molecule has 0 saturated heterocycles. The Morgan fingerprint density at radius 2 is 0.676 bits per heavy atom. The van der Waals surface area contributed by atoms with Gasteiger partial charge in [0.15, 0.2) is 0 Å². The van der Waals surface area contributed by atoms with Crippen molar-refractivity contribution in [3.05, 3.63) is 192 Å². The summed E-state index contributed by atoms with van der Waals surface area (Å²) in [5.74, 6) is 0. The van der Waals surface area contributed by atoms with E-state index in [4.69, 9.17) is 8.83 Å². The summed E-state index contributed by atoms with van der Waals surface area (Å²) in [6, 6.07) is 63.1. The van der Waals surface area contributed by atoms with Gasteiger partial charge in [-0.15, -0.1) is 0 Å². The maximum Gasteiger partial charge on any atom is 0.145 e. The average molecular weight is 913 g/mol. The van der Waals surface area contributed by atoms with Gasteiger partial charge in [0, 0.05) is 44.6 Å². The fraction of sp³-hybridized carbons (Fsp3) is 0.129. The maximum atomic E-state index is 7.20. The highest BCUT2D eigenvalue weighted by atomic mass is 28.3. The number of nitrogens with zero attached hydrogens (tertiary/aromatic N) is 2. The summed E-state index contributed by atoms with van der Waals surface area (Å²) in [5.41, 5.74) is 20.7. The van der Waals surface area contributed by atoms with Crippen LogP contribution in [0.25, 0.3) is 66.1 Å². The Balaban J connectivity index is 1.09. The van der Waals surface area contributed by atoms with Crippen LogP contribution >= 0.6 is 0 Å². The number of aryl methyl sites for hydroxylation is 4. The van der Waals surface area contributed by atoms with Gasteiger partial charge in [0.05, 0.1) is 22.1 Å². The predicted molar refractivity (Wildman–Crippen MR) is 294 cm³/mol. The molecule has 0 unspecified atom stereocenters. The molecule has 0 bridgehead atoms. The molecule has 11 aromatic rings. The van der Waals surface area contributed by atoms with E-state index in [0.717, 1.165) is 78.0 Å². The van der Waals surface area contributed by atoms with Crippen LogP contribution in [0.4, 0.5) is 34.1 Å². The Kier molecular flexibility index (Phi) is 8.75. The first-order valence-corrected chi connectivity index (χ1v) is 29.9. The second kappa shape index (κ2) is 14.6. The Labute approximate surface area is 399 Å². The van der Waals surface area contributed by atoms with Gasteiger partial charge in [-0.2, -0.15) is 0 Å². The second-order valence-electron chi connectivity index (χ2n) is 20.4. The molecule has 0 spiro atoms. The molecule has 4 nitrogen and oxygen atoms in total. The summed E-state index contributed by atoms with van der Waals surface area (Å²) in [6.45, 7) is 19.0. The largest absolute Gasteiger partial charge is 0.455 e. The highest BCUT2D eigenvalue weighted by Gasteiger charge is 2.50. The average Bonchev–Trinajstić information content (AvgIpc) is 4.04. The number of furan rings is 2. The fourth-order valence-electron chi connectivity index (χ4n) is 11.8. The Morgan fingerprint density at radius 3 is 1.00 bits per heavy atom. The van der Waals surface area contributed by atoms with Crippen molar-refractivity contribution in [2.45, 2.75) is 53.9 Å². The Morgan fingerprint density at radius 1 is 0.368 bits per heavy atom. The molecule has 0 atom stereocenters. The van der Waals surface area contributed by atoms with E-state index in [-0.39, 0.29) is 0 Å². The monoisotopic (exact) mass is 912 g/mol. The highest BCUT2D eigenvalue weighted by Crippen LogP contribution is 2.51. The minimum atomic E-state index is -2.47. The molecule has 2 aliphatic heterocycles. The van der Waals surface area contributed by atoms with Gasteiger partial charge in [0.2, 0.25) is 0 Å². The quantitative estimate of drug-likeness (QED) is 0.156. The van der Waals surface area contributed by atoms with Crippen LogP contribution < -0.4 is 30.5 Å². The molecular weight excluding hydrogens is 861 g/mol. The fourth-order valence-corrected chi connectivity index (χ4v) is 20.3. The summed E-state index contributed by atoms with van der Waals surface area (Å²) < 4.78 is 14.4. The van der Waals surface area contributed by atoms with E-state index in [9.17, 15) is 0 Å². The third kappa shape index (κ3) is 5.77. The molecule has 2 aromatic heterocycles. The van der Waals surface area contributed by atoms with Gasteiger partial charge in [-0.1, -0.05) is 146 Å². The van der Waals surface area contributed by atoms with Gasteiger partial charge in [0.1, 0.15) is 38.5 Å². The van der Waals surface area contributed by atoms with Gasteiger partial charge in [0.25, 0.3) is 0 Å². The molecule has 9 aromatic carbocycles. The third-order valence-electron chi connectivity index (χ3n) is 15.2. The molecule has 68 heavy (non-hydrogen) atoms. The van der Waals surface area contributed by atoms with Crippen LogP contribution in [0.5, 0.6) is 0 Å². The van der Waals surface area contributed by atoms with Crippen molar-refractivity contribution >= 4 is 115 Å². The molecule has 0 N–H and O–H groups in total. The van der Waals surface area contributed by atoms with Crippen LogP contribution in [0, 0.1) is 27.7 Å². The Hall–Kier alpha value is -7.39. The highest BCUT2D eigenvalue weighted by molar-refractivity contribution is 7.13. The lowest BCUT2D eigenvalue weighted by Crippen LogP contribution is -2.63. The first kappa shape index (κ1) is 40.9. The lowest BCUT2D eigenvalue weighted by Gasteiger charge is -2.30. The van der Waals surface area contributed by atoms with Crippen LogP contribution in [0.3, 0.4) is 0 Å². The van der Waals surface area contributed by atoms with Crippen LogP contribution in [-0.2, 0) is 0 Å². The van der Waals surface area contributed by atoms with E-state index in [1.807, 2.05) is 0 Å². The lowest BCUT2D eigenvalue weighted by atomic mass is 9.96. The van der Waals surface area contributed by atoms with Gasteiger partial charge >= 0.3 is 0 Å². The van der Waals surface area contributed by atoms with Crippen molar-refractivity contribution in [1.82, 2.24) is 0 Å². The number of hydrogen-bond donors (Lipinski definition) is 0. The molecule has 13 rings (SSSR count). The summed E-state index contributed by atoms with van der Waals surface area (Å²) in [4.78, 5) is 4.92. The standard InChI is InChI=1S/C62H52N2O2Si2/c1-37-17-25-41(26-18-37)63(42-27-19-38(2)20-28-42)49-35-53-57(59-55(49)45-13-9-11-15-51(45)65-59)47-33-34-48-58-54(68(7,8)62(48)61(47)67(53,5)6)36-50(56-46-14-10-12-16-52(46)66-60(56)58)64(43-29-21-39(3)22-30-43)44-31-23-40(4)24-32-44/h9-36H,1-8H3. The van der Waals surface area contributed by atoms with Gasteiger partial charge in [-0.05, 0) is 132 Å². The van der Waals surface area contributed by atoms with Crippen molar-refractivity contribution < 1.29 is 8.83 Å². The van der Waals surface area contributed by atoms with Crippen molar-refractivity contribution in [1.29, 1.82) is 0 Å². The number of benzene rings is 9. The number of hydrogen-bond acceptors (Lipinski definition) is 4. The van der Waals surface area contributed by atoms with E-state index in [1.165, 1.54) is 54.9 Å². The molecule has 330 valence electrons. The molecule has 0 radical (unpaired) electrons. The first-order valence-electron chi connectivity index (χ1n) is 23.9. The van der Waals surface area contributed by atoms with Crippen LogP contribution in [-0.4, -0.2) is 16.1 Å². The zero-order valence-corrected chi connectivity index (χ0v) is 41.9. The SMILES string of the molecule is Cc1ccc(N(c2ccc(C)cc2)c2cc3c(c4oc5ccccc5c24)-c2ccc4c(c2[Si]3(C)C)[Si](C)(C)c2cc(N(c3ccc(C)cc3)c3ccc(C)cc3)c3c(oc5ccccc53)c2-4)cc1. The molecular formula is C62H52N2O2Si2. The minimum Gasteiger partial charge on any atom is -0.455 e. The van der Waals surface area contributed by atoms with Crippen molar-refractivity contribution in [3.63, 3.8) is 0 Å². The Bertz CT molecular complexity index is 3530. The van der Waals surface area contributed by atoms with E-state index in [2.05, 4.69) is 234 Å². The van der Waals surface area contributed by atoms with Gasteiger partial charge < -0.3 is 18.6 Å². The normalized spacial score (nSPS) is 14.1. The number of rotatable bonds is 6. The smallest absolute Gasteiger partial charge is 0.145 e. The van der Waals surface area contributed by atoms with E-state index >= 15 is 0 Å². The molecule has 0 aliphatic carbocycles. The number of para-hydroxylation sites is 2. The first-order chi connectivity index (χ1) is 32.9. The van der Waals surface area contributed by atoms with Crippen LogP contribution in [0.1, 0.15) is 22.3 Å². The summed E-state index contributed by atoms with van der Waals surface area (Å²) in [6.07, 6.45) is 0. The number of fused-ring (bicyclic) bond motifs is 15. The molecule has 4 heterocycles. The van der Waals surface area contributed by atoms with Gasteiger partial charge in [-0.3, -0.25) is 0 Å². The van der Waals surface area contributed by atoms with Crippen molar-refractivity contribution in [2.75, 3.05) is 9.80 Å². The summed E-state index contributed by atoms with van der Waals surface area (Å²) in [7, 11) is -4.95. The lowest BCUT2D eigenvalue weighted by molar-refractivity contribution is 0.670. The summed E-state index contributed by atoms with van der Waals surface area (Å²) >= 11 is 0. The van der Waals surface area contributed by atoms with E-state index < -0.39 is 16.1 Å². The van der Waals surface area contributed by atoms with Crippen molar-refractivity contribution in [3.8, 4) is 22.3 Å². The van der Waals surface area contributed by atoms with Crippen LogP contribution in [0.2, 0.25) is 26.2 Å². The zero-order chi connectivity index (χ0) is 46.4. The van der Waals surface area contributed by atoms with Crippen molar-refractivity contribution in [2.24, 2.45) is 0 Å². The topological polar surface area (TPSA) is 32.8 Å². The minimum absolute atomic E-state index is 0.910. The predicted octanol–water partition coefficient (Wildman–Crippen LogP) is 15.3. The number of anilines is 6. The zero-order valence-electron chi connectivity index (χ0n) is 39.9. The van der Waals surface area contributed by atoms with Gasteiger partial charge in [-0.25, -0.2) is 0 Å². The molecule has 6 heteroatoms. The molecule has 0 amide bonds. The molecule has 0 fully saturated rings. The second-order valence-corrected chi connectivity index (χ2v) is 29.0. The van der Waals surface area contributed by atoms with E-state index in [0.29, 0.717) is 0 Å². The third-order valence-corrected chi connectivity index (χ3v) is 22.5. The van der Waals surface area contributed by atoms with Crippen LogP contribution in [0.15, 0.2) is 179 Å². The molecule has 0 saturated carbocycles. The molecule has 2 aliphatic rings.